The fraction of sp³-hybridized carbons (Fsp3) is 0.857. The standard InChI is InChI=1S/C14H26O4/c1-11(2)8-9-17-13(15)6-5-7-14(16)18-10-12(3)4/h11-12H,5-10H2,1-4H3. The lowest BCUT2D eigenvalue weighted by Gasteiger charge is -2.08. The van der Waals surface area contributed by atoms with Crippen molar-refractivity contribution in [1.29, 1.82) is 0 Å². The summed E-state index contributed by atoms with van der Waals surface area (Å²) in [6.45, 7) is 9.04. The smallest absolute Gasteiger partial charge is 0.305 e. The number of carbonyl (C=O) groups is 2. The number of ether oxygens (including phenoxy) is 2. The molecule has 0 rings (SSSR count). The van der Waals surface area contributed by atoms with Crippen LogP contribution in [0, 0.1) is 11.8 Å². The molecule has 0 spiro atoms. The molecular weight excluding hydrogens is 232 g/mol. The van der Waals surface area contributed by atoms with E-state index in [1.165, 1.54) is 0 Å². The number of hydrogen-bond donors (Lipinski definition) is 0. The summed E-state index contributed by atoms with van der Waals surface area (Å²) in [6, 6.07) is 0. The highest BCUT2D eigenvalue weighted by Gasteiger charge is 2.08. The Morgan fingerprint density at radius 2 is 1.44 bits per heavy atom. The van der Waals surface area contributed by atoms with Gasteiger partial charge in [0.1, 0.15) is 0 Å². The first-order chi connectivity index (χ1) is 8.41. The molecule has 0 aliphatic heterocycles. The molecule has 0 radical (unpaired) electrons. The highest BCUT2D eigenvalue weighted by atomic mass is 16.5. The van der Waals surface area contributed by atoms with Crippen molar-refractivity contribution in [2.24, 2.45) is 11.8 Å². The van der Waals surface area contributed by atoms with Crippen molar-refractivity contribution in [2.45, 2.75) is 53.4 Å². The summed E-state index contributed by atoms with van der Waals surface area (Å²) in [6.07, 6.45) is 1.94. The summed E-state index contributed by atoms with van der Waals surface area (Å²) in [5, 5.41) is 0. The second-order valence-corrected chi connectivity index (χ2v) is 5.33. The molecule has 0 atom stereocenters. The van der Waals surface area contributed by atoms with Crippen molar-refractivity contribution >= 4 is 11.9 Å². The minimum Gasteiger partial charge on any atom is -0.466 e. The van der Waals surface area contributed by atoms with Gasteiger partial charge < -0.3 is 9.47 Å². The van der Waals surface area contributed by atoms with Gasteiger partial charge in [-0.05, 0) is 24.7 Å². The third kappa shape index (κ3) is 11.4. The average molecular weight is 258 g/mol. The van der Waals surface area contributed by atoms with E-state index in [4.69, 9.17) is 9.47 Å². The Kier molecular flexibility index (Phi) is 9.33. The molecule has 0 bridgehead atoms. The van der Waals surface area contributed by atoms with Gasteiger partial charge in [-0.2, -0.15) is 0 Å². The van der Waals surface area contributed by atoms with Gasteiger partial charge in [-0.15, -0.1) is 0 Å². The first-order valence-electron chi connectivity index (χ1n) is 6.73. The maximum absolute atomic E-state index is 11.3. The Labute approximate surface area is 110 Å². The van der Waals surface area contributed by atoms with E-state index in [1.54, 1.807) is 0 Å². The molecule has 0 fully saturated rings. The van der Waals surface area contributed by atoms with Gasteiger partial charge in [-0.1, -0.05) is 27.7 Å². The minimum atomic E-state index is -0.237. The second kappa shape index (κ2) is 9.92. The molecule has 106 valence electrons. The molecule has 0 saturated heterocycles. The Balaban J connectivity index is 3.47. The van der Waals surface area contributed by atoms with E-state index in [-0.39, 0.29) is 24.8 Å². The van der Waals surface area contributed by atoms with Gasteiger partial charge in [-0.25, -0.2) is 0 Å². The molecule has 0 aromatic rings. The van der Waals surface area contributed by atoms with Gasteiger partial charge in [0, 0.05) is 12.8 Å². The zero-order valence-electron chi connectivity index (χ0n) is 12.0. The van der Waals surface area contributed by atoms with Crippen molar-refractivity contribution in [2.75, 3.05) is 13.2 Å². The predicted octanol–water partition coefficient (Wildman–Crippen LogP) is 2.95. The number of esters is 2. The lowest BCUT2D eigenvalue weighted by Crippen LogP contribution is -2.11. The zero-order valence-corrected chi connectivity index (χ0v) is 12.0. The molecule has 0 heterocycles. The number of carbonyl (C=O) groups excluding carboxylic acids is 2. The van der Waals surface area contributed by atoms with Crippen molar-refractivity contribution < 1.29 is 19.1 Å². The van der Waals surface area contributed by atoms with E-state index in [9.17, 15) is 9.59 Å². The van der Waals surface area contributed by atoms with Gasteiger partial charge in [0.25, 0.3) is 0 Å². The molecule has 4 heteroatoms. The van der Waals surface area contributed by atoms with Gasteiger partial charge in [0.05, 0.1) is 13.2 Å². The number of hydrogen-bond acceptors (Lipinski definition) is 4. The molecule has 0 amide bonds. The maximum Gasteiger partial charge on any atom is 0.305 e. The first kappa shape index (κ1) is 16.9. The van der Waals surface area contributed by atoms with Crippen LogP contribution in [-0.2, 0) is 19.1 Å². The van der Waals surface area contributed by atoms with Crippen LogP contribution in [0.5, 0.6) is 0 Å². The number of rotatable bonds is 9. The molecule has 0 aliphatic carbocycles. The van der Waals surface area contributed by atoms with Crippen LogP contribution in [0.4, 0.5) is 0 Å². The van der Waals surface area contributed by atoms with Crippen LogP contribution < -0.4 is 0 Å². The van der Waals surface area contributed by atoms with Crippen molar-refractivity contribution in [1.82, 2.24) is 0 Å². The topological polar surface area (TPSA) is 52.6 Å². The third-order valence-electron chi connectivity index (χ3n) is 2.30. The van der Waals surface area contributed by atoms with Crippen LogP contribution >= 0.6 is 0 Å². The molecule has 0 aromatic carbocycles. The maximum atomic E-state index is 11.3. The van der Waals surface area contributed by atoms with E-state index >= 15 is 0 Å². The lowest BCUT2D eigenvalue weighted by atomic mass is 10.1. The molecule has 0 unspecified atom stereocenters. The summed E-state index contributed by atoms with van der Waals surface area (Å²) >= 11 is 0. The van der Waals surface area contributed by atoms with E-state index in [1.807, 2.05) is 13.8 Å². The van der Waals surface area contributed by atoms with Gasteiger partial charge in [-0.3, -0.25) is 9.59 Å². The van der Waals surface area contributed by atoms with Crippen LogP contribution in [0.2, 0.25) is 0 Å². The Hall–Kier alpha value is -1.06. The third-order valence-corrected chi connectivity index (χ3v) is 2.30. The summed E-state index contributed by atoms with van der Waals surface area (Å²) in [4.78, 5) is 22.6. The average Bonchev–Trinajstić information content (AvgIpc) is 2.25. The molecule has 18 heavy (non-hydrogen) atoms. The van der Waals surface area contributed by atoms with E-state index < -0.39 is 0 Å². The fourth-order valence-electron chi connectivity index (χ4n) is 1.19. The van der Waals surface area contributed by atoms with Crippen molar-refractivity contribution in [3.05, 3.63) is 0 Å². The molecule has 0 saturated carbocycles. The van der Waals surface area contributed by atoms with Gasteiger partial charge in [0.2, 0.25) is 0 Å². The van der Waals surface area contributed by atoms with Crippen LogP contribution in [0.1, 0.15) is 53.4 Å². The quantitative estimate of drug-likeness (QED) is 0.597. The van der Waals surface area contributed by atoms with Crippen molar-refractivity contribution in [3.8, 4) is 0 Å². The van der Waals surface area contributed by atoms with Crippen LogP contribution in [0.25, 0.3) is 0 Å². The molecular formula is C14H26O4. The van der Waals surface area contributed by atoms with Crippen LogP contribution in [0.3, 0.4) is 0 Å². The Morgan fingerprint density at radius 1 is 0.889 bits per heavy atom. The highest BCUT2D eigenvalue weighted by Crippen LogP contribution is 2.04. The summed E-state index contributed by atoms with van der Waals surface area (Å²) in [5.74, 6) is 0.407. The largest absolute Gasteiger partial charge is 0.466 e. The molecule has 0 aliphatic rings. The predicted molar refractivity (Wildman–Crippen MR) is 70.1 cm³/mol. The summed E-state index contributed by atoms with van der Waals surface area (Å²) < 4.78 is 10.0. The lowest BCUT2D eigenvalue weighted by molar-refractivity contribution is -0.146. The van der Waals surface area contributed by atoms with Crippen LogP contribution in [0.15, 0.2) is 0 Å². The van der Waals surface area contributed by atoms with E-state index in [2.05, 4.69) is 13.8 Å². The summed E-state index contributed by atoms with van der Waals surface area (Å²) in [5.41, 5.74) is 0. The second-order valence-electron chi connectivity index (χ2n) is 5.33. The highest BCUT2D eigenvalue weighted by molar-refractivity contribution is 5.72. The molecule has 0 N–H and O–H groups in total. The Morgan fingerprint density at radius 3 is 1.94 bits per heavy atom. The minimum absolute atomic E-state index is 0.229. The van der Waals surface area contributed by atoms with E-state index in [0.29, 0.717) is 31.5 Å². The molecule has 0 aromatic heterocycles. The monoisotopic (exact) mass is 258 g/mol. The van der Waals surface area contributed by atoms with Gasteiger partial charge in [0.15, 0.2) is 0 Å². The van der Waals surface area contributed by atoms with Crippen LogP contribution in [-0.4, -0.2) is 25.2 Å². The van der Waals surface area contributed by atoms with Gasteiger partial charge >= 0.3 is 11.9 Å². The fourth-order valence-corrected chi connectivity index (χ4v) is 1.19. The Bertz CT molecular complexity index is 246. The van der Waals surface area contributed by atoms with E-state index in [0.717, 1.165) is 6.42 Å². The normalized spacial score (nSPS) is 10.8. The SMILES string of the molecule is CC(C)CCOC(=O)CCCC(=O)OCC(C)C. The summed E-state index contributed by atoms with van der Waals surface area (Å²) in [7, 11) is 0. The first-order valence-corrected chi connectivity index (χ1v) is 6.73. The van der Waals surface area contributed by atoms with Crippen molar-refractivity contribution in [3.63, 3.8) is 0 Å². The zero-order chi connectivity index (χ0) is 14.0. The molecule has 4 nitrogen and oxygen atoms in total.